The standard InChI is InChI=1S/C14H17BClNO3.C14H18BClNO3.C8H5BrClNO.C6H4BrClO/c1-13(2)14(3,4)20-15(19-13)10-5-6-12(11(16)9-10)18-8-7-17;1-13(2,18)14(3,4)20-15-10-5-6-12(11(16)9-10)19-8-7-17;9-6-1-2-8(7(10)5-6)12-4-3-11;7-4-1-2-6(9)5(8)3-4/h5-6,9H,8H2,1-4H3;5-6,9,18H,8H2,1-4H3;1-2,5H,4H2;1-3,9H. The van der Waals surface area contributed by atoms with Gasteiger partial charge in [-0.05, 0) is 122 Å². The summed E-state index contributed by atoms with van der Waals surface area (Å²) in [5, 5.41) is 45.8. The Bertz CT molecular complexity index is 2190. The van der Waals surface area contributed by atoms with Crippen molar-refractivity contribution in [3.63, 3.8) is 0 Å². The fraction of sp³-hybridized carbons (Fsp3) is 0.357. The van der Waals surface area contributed by atoms with Gasteiger partial charge in [0, 0.05) is 8.95 Å². The van der Waals surface area contributed by atoms with Crippen LogP contribution in [0.5, 0.6) is 23.0 Å². The van der Waals surface area contributed by atoms with Gasteiger partial charge in [-0.2, -0.15) is 15.8 Å². The molecule has 1 heterocycles. The fourth-order valence-electron chi connectivity index (χ4n) is 4.23. The zero-order valence-corrected chi connectivity index (χ0v) is 40.9. The number of halogens is 6. The summed E-state index contributed by atoms with van der Waals surface area (Å²) in [6, 6.07) is 26.2. The number of benzene rings is 4. The van der Waals surface area contributed by atoms with E-state index < -0.39 is 18.3 Å². The summed E-state index contributed by atoms with van der Waals surface area (Å²) in [6.07, 6.45) is 0. The number of hydrogen-bond acceptors (Lipinski definition) is 11. The summed E-state index contributed by atoms with van der Waals surface area (Å²) in [5.41, 5.74) is -0.923. The van der Waals surface area contributed by atoms with Gasteiger partial charge in [-0.3, -0.25) is 0 Å². The van der Waals surface area contributed by atoms with Gasteiger partial charge in [0.05, 0.1) is 42.5 Å². The van der Waals surface area contributed by atoms with E-state index in [0.717, 1.165) is 19.9 Å². The third-order valence-electron chi connectivity index (χ3n) is 9.08. The summed E-state index contributed by atoms with van der Waals surface area (Å²) in [7, 11) is 1.08. The minimum absolute atomic E-state index is 0.0152. The summed E-state index contributed by atoms with van der Waals surface area (Å²) in [4.78, 5) is 0. The number of nitrogens with zero attached hydrogens (tertiary/aromatic N) is 3. The lowest BCUT2D eigenvalue weighted by molar-refractivity contribution is -0.0893. The molecule has 4 aromatic carbocycles. The molecule has 11 nitrogen and oxygen atoms in total. The van der Waals surface area contributed by atoms with Crippen molar-refractivity contribution in [2.24, 2.45) is 0 Å². The molecule has 0 bridgehead atoms. The lowest BCUT2D eigenvalue weighted by Crippen LogP contribution is -2.49. The van der Waals surface area contributed by atoms with Crippen LogP contribution in [-0.2, 0) is 14.0 Å². The predicted octanol–water partition coefficient (Wildman–Crippen LogP) is 10.4. The second-order valence-electron chi connectivity index (χ2n) is 14.8. The predicted molar refractivity (Wildman–Crippen MR) is 249 cm³/mol. The van der Waals surface area contributed by atoms with E-state index in [9.17, 15) is 5.11 Å². The van der Waals surface area contributed by atoms with Gasteiger partial charge in [0.2, 0.25) is 0 Å². The van der Waals surface area contributed by atoms with Crippen LogP contribution in [-0.4, -0.2) is 67.0 Å². The van der Waals surface area contributed by atoms with E-state index in [1.165, 1.54) is 13.5 Å². The van der Waals surface area contributed by atoms with Crippen molar-refractivity contribution in [3.05, 3.63) is 102 Å². The first-order valence-corrected chi connectivity index (χ1v) is 21.2. The molecule has 0 aromatic heterocycles. The van der Waals surface area contributed by atoms with E-state index in [0.29, 0.717) is 37.3 Å². The van der Waals surface area contributed by atoms with Crippen LogP contribution >= 0.6 is 78.3 Å². The Hall–Kier alpha value is -3.36. The maximum Gasteiger partial charge on any atom is 0.494 e. The Labute approximate surface area is 395 Å². The Morgan fingerprint density at radius 3 is 1.46 bits per heavy atom. The molecule has 0 atom stereocenters. The topological polar surface area (TPSA) is 167 Å². The van der Waals surface area contributed by atoms with Crippen molar-refractivity contribution in [3.8, 4) is 41.2 Å². The number of aromatic hydroxyl groups is 1. The molecule has 323 valence electrons. The molecule has 0 aliphatic carbocycles. The zero-order chi connectivity index (χ0) is 46.2. The molecule has 1 aliphatic heterocycles. The van der Waals surface area contributed by atoms with E-state index in [-0.39, 0.29) is 36.8 Å². The van der Waals surface area contributed by atoms with Crippen molar-refractivity contribution >= 4 is 104 Å². The van der Waals surface area contributed by atoms with Crippen LogP contribution in [0.1, 0.15) is 55.4 Å². The number of aliphatic hydroxyl groups is 1. The van der Waals surface area contributed by atoms with Gasteiger partial charge >= 0.3 is 14.6 Å². The van der Waals surface area contributed by atoms with E-state index >= 15 is 0 Å². The van der Waals surface area contributed by atoms with E-state index in [1.54, 1.807) is 88.4 Å². The highest BCUT2D eigenvalue weighted by Crippen LogP contribution is 2.37. The van der Waals surface area contributed by atoms with Gasteiger partial charge in [0.1, 0.15) is 41.2 Å². The van der Waals surface area contributed by atoms with Crippen molar-refractivity contribution in [2.75, 3.05) is 19.8 Å². The number of phenols is 1. The Balaban J connectivity index is 0.000000293. The minimum atomic E-state index is -0.983. The maximum atomic E-state index is 10.00. The van der Waals surface area contributed by atoms with Crippen molar-refractivity contribution in [1.29, 1.82) is 15.8 Å². The quantitative estimate of drug-likeness (QED) is 0.137. The van der Waals surface area contributed by atoms with Gasteiger partial charge in [0.25, 0.3) is 0 Å². The Morgan fingerprint density at radius 1 is 0.656 bits per heavy atom. The molecule has 0 unspecified atom stereocenters. The highest BCUT2D eigenvalue weighted by Gasteiger charge is 2.51. The van der Waals surface area contributed by atoms with Crippen LogP contribution < -0.4 is 25.1 Å². The molecule has 1 aliphatic rings. The molecule has 1 radical (unpaired) electrons. The number of rotatable bonds is 11. The maximum absolute atomic E-state index is 10.00. The zero-order valence-electron chi connectivity index (χ0n) is 34.7. The molecule has 2 N–H and O–H groups in total. The average molecular weight is 1040 g/mol. The third kappa shape index (κ3) is 17.4. The van der Waals surface area contributed by atoms with Gasteiger partial charge in [-0.15, -0.1) is 0 Å². The van der Waals surface area contributed by atoms with Crippen molar-refractivity contribution < 1.29 is 38.4 Å². The monoisotopic (exact) mass is 1040 g/mol. The van der Waals surface area contributed by atoms with Crippen molar-refractivity contribution in [2.45, 2.75) is 77.8 Å². The highest BCUT2D eigenvalue weighted by molar-refractivity contribution is 9.10. The first kappa shape index (κ1) is 53.8. The van der Waals surface area contributed by atoms with Crippen LogP contribution in [0.3, 0.4) is 0 Å². The highest BCUT2D eigenvalue weighted by atomic mass is 79.9. The molecular weight excluding hydrogens is 998 g/mol. The van der Waals surface area contributed by atoms with Gasteiger partial charge < -0.3 is 38.4 Å². The molecule has 4 aromatic rings. The largest absolute Gasteiger partial charge is 0.506 e. The SMILES string of the molecule is CC(C)(O)C(C)(C)O[B]c1ccc(OCC#N)c(Cl)c1.CC1(C)OB(c2ccc(OCC#N)c(Cl)c2)OC1(C)C.N#CCOc1ccc(Br)cc1Cl.Oc1ccc(Br)cc1Cl. The van der Waals surface area contributed by atoms with Gasteiger partial charge in [-0.25, -0.2) is 0 Å². The Kier molecular flexibility index (Phi) is 21.6. The second-order valence-corrected chi connectivity index (χ2v) is 18.2. The van der Waals surface area contributed by atoms with Gasteiger partial charge in [-0.1, -0.05) is 95.9 Å². The molecule has 5 rings (SSSR count). The summed E-state index contributed by atoms with van der Waals surface area (Å²) in [5.74, 6) is 1.57. The molecule has 0 saturated carbocycles. The molecule has 1 fully saturated rings. The number of nitriles is 3. The van der Waals surface area contributed by atoms with Crippen LogP contribution in [0.4, 0.5) is 0 Å². The normalized spacial score (nSPS) is 13.5. The average Bonchev–Trinajstić information content (AvgIpc) is 3.40. The van der Waals surface area contributed by atoms with Gasteiger partial charge in [0.15, 0.2) is 19.8 Å². The first-order valence-electron chi connectivity index (χ1n) is 18.1. The number of phenolic OH excluding ortho intramolecular Hbond substituents is 1. The Morgan fingerprint density at radius 2 is 1.07 bits per heavy atom. The summed E-state index contributed by atoms with van der Waals surface area (Å²) in [6.45, 7) is 14.9. The first-order chi connectivity index (χ1) is 28.4. The van der Waals surface area contributed by atoms with Crippen LogP contribution in [0.15, 0.2) is 81.7 Å². The van der Waals surface area contributed by atoms with E-state index in [1.807, 2.05) is 52.0 Å². The lowest BCUT2D eigenvalue weighted by atomic mass is 9.79. The lowest BCUT2D eigenvalue weighted by Gasteiger charge is -2.37. The molecule has 61 heavy (non-hydrogen) atoms. The molecule has 0 spiro atoms. The minimum Gasteiger partial charge on any atom is -0.506 e. The van der Waals surface area contributed by atoms with E-state index in [4.69, 9.17) is 95.5 Å². The smallest absolute Gasteiger partial charge is 0.494 e. The summed E-state index contributed by atoms with van der Waals surface area (Å²) >= 11 is 30.0. The molecular formula is C42H44B2Br2Cl4N3O8. The second kappa shape index (κ2) is 24.5. The molecule has 1 saturated heterocycles. The van der Waals surface area contributed by atoms with E-state index in [2.05, 4.69) is 31.9 Å². The van der Waals surface area contributed by atoms with Crippen LogP contribution in [0.2, 0.25) is 20.1 Å². The summed E-state index contributed by atoms with van der Waals surface area (Å²) < 4.78 is 34.7. The third-order valence-corrected chi connectivity index (χ3v) is 11.3. The van der Waals surface area contributed by atoms with Crippen molar-refractivity contribution in [1.82, 2.24) is 0 Å². The number of hydrogen-bond donors (Lipinski definition) is 2. The molecule has 19 heteroatoms. The fourth-order valence-corrected chi connectivity index (χ4v) is 6.12. The van der Waals surface area contributed by atoms with Crippen LogP contribution in [0, 0.1) is 34.0 Å². The van der Waals surface area contributed by atoms with Crippen LogP contribution in [0.25, 0.3) is 0 Å². The molecule has 0 amide bonds. The number of ether oxygens (including phenoxy) is 3.